The fourth-order valence-electron chi connectivity index (χ4n) is 4.57. The summed E-state index contributed by atoms with van der Waals surface area (Å²) in [5.41, 5.74) is 3.18. The van der Waals surface area contributed by atoms with E-state index in [0.717, 1.165) is 17.4 Å². The summed E-state index contributed by atoms with van der Waals surface area (Å²) in [6.45, 7) is 9.34. The molecule has 0 fully saturated rings. The molecule has 0 N–H and O–H groups in total. The van der Waals surface area contributed by atoms with Gasteiger partial charge in [-0.05, 0) is 41.9 Å². The van der Waals surface area contributed by atoms with Gasteiger partial charge in [-0.15, -0.1) is 0 Å². The smallest absolute Gasteiger partial charge is 0.202 e. The van der Waals surface area contributed by atoms with Crippen molar-refractivity contribution < 1.29 is 14.3 Å². The van der Waals surface area contributed by atoms with Crippen LogP contribution in [0.15, 0.2) is 53.8 Å². The molecule has 0 bridgehead atoms. The molecule has 0 saturated carbocycles. The number of hydrogen-bond donors (Lipinski definition) is 0. The average molecular weight is 340 g/mol. The SMILES string of the molecule is CCO[C@@H]1OC=C2C=C(C=O)[C@H](c3ccccc3)[C@@H](C(C)C)[C@@H]2[C@H]1C. The van der Waals surface area contributed by atoms with Crippen LogP contribution < -0.4 is 0 Å². The van der Waals surface area contributed by atoms with Gasteiger partial charge in [-0.25, -0.2) is 0 Å². The molecular weight excluding hydrogens is 312 g/mol. The van der Waals surface area contributed by atoms with Crippen LogP contribution in [0.3, 0.4) is 0 Å². The van der Waals surface area contributed by atoms with Crippen molar-refractivity contribution in [3.63, 3.8) is 0 Å². The van der Waals surface area contributed by atoms with Gasteiger partial charge in [0.2, 0.25) is 6.29 Å². The second kappa shape index (κ2) is 7.57. The van der Waals surface area contributed by atoms with Crippen LogP contribution in [-0.4, -0.2) is 19.2 Å². The number of rotatable bonds is 5. The molecular formula is C22H28O3. The summed E-state index contributed by atoms with van der Waals surface area (Å²) in [7, 11) is 0. The first-order valence-electron chi connectivity index (χ1n) is 9.27. The van der Waals surface area contributed by atoms with E-state index < -0.39 is 0 Å². The molecule has 1 aromatic rings. The van der Waals surface area contributed by atoms with Gasteiger partial charge in [-0.1, -0.05) is 51.1 Å². The highest BCUT2D eigenvalue weighted by molar-refractivity contribution is 5.78. The Kier molecular flexibility index (Phi) is 5.43. The Morgan fingerprint density at radius 1 is 1.24 bits per heavy atom. The largest absolute Gasteiger partial charge is 0.472 e. The number of ether oxygens (including phenoxy) is 2. The van der Waals surface area contributed by atoms with Gasteiger partial charge >= 0.3 is 0 Å². The number of carbonyl (C=O) groups excluding carboxylic acids is 1. The Morgan fingerprint density at radius 2 is 1.96 bits per heavy atom. The third-order valence-electron chi connectivity index (χ3n) is 5.61. The summed E-state index contributed by atoms with van der Waals surface area (Å²) in [6.07, 6.45) is 4.64. The van der Waals surface area contributed by atoms with E-state index >= 15 is 0 Å². The third-order valence-corrected chi connectivity index (χ3v) is 5.61. The minimum Gasteiger partial charge on any atom is -0.472 e. The van der Waals surface area contributed by atoms with E-state index in [1.165, 1.54) is 5.56 Å². The first-order valence-corrected chi connectivity index (χ1v) is 9.27. The van der Waals surface area contributed by atoms with Gasteiger partial charge in [-0.2, -0.15) is 0 Å². The van der Waals surface area contributed by atoms with E-state index in [1.807, 2.05) is 25.3 Å². The normalized spacial score (nSPS) is 31.6. The van der Waals surface area contributed by atoms with Gasteiger partial charge in [0.1, 0.15) is 6.29 Å². The summed E-state index contributed by atoms with van der Waals surface area (Å²) in [5.74, 6) is 1.44. The fourth-order valence-corrected chi connectivity index (χ4v) is 4.57. The molecule has 3 rings (SSSR count). The maximum Gasteiger partial charge on any atom is 0.202 e. The van der Waals surface area contributed by atoms with Gasteiger partial charge in [0, 0.05) is 24.0 Å². The molecule has 3 nitrogen and oxygen atoms in total. The topological polar surface area (TPSA) is 35.5 Å². The molecule has 25 heavy (non-hydrogen) atoms. The Balaban J connectivity index is 2.09. The molecule has 1 heterocycles. The van der Waals surface area contributed by atoms with Crippen LogP contribution in [0.4, 0.5) is 0 Å². The highest BCUT2D eigenvalue weighted by atomic mass is 16.7. The van der Waals surface area contributed by atoms with Gasteiger partial charge < -0.3 is 9.47 Å². The van der Waals surface area contributed by atoms with E-state index in [-0.39, 0.29) is 18.1 Å². The zero-order valence-corrected chi connectivity index (χ0v) is 15.5. The second-order valence-corrected chi connectivity index (χ2v) is 7.43. The number of fused-ring (bicyclic) bond motifs is 1. The molecule has 0 saturated heterocycles. The van der Waals surface area contributed by atoms with Crippen LogP contribution in [0.25, 0.3) is 0 Å². The molecule has 3 heteroatoms. The molecule has 0 spiro atoms. The lowest BCUT2D eigenvalue weighted by Gasteiger charge is -2.47. The van der Waals surface area contributed by atoms with Crippen molar-refractivity contribution in [1.29, 1.82) is 0 Å². The van der Waals surface area contributed by atoms with E-state index in [4.69, 9.17) is 9.47 Å². The Bertz CT molecular complexity index is 659. The predicted molar refractivity (Wildman–Crippen MR) is 98.9 cm³/mol. The Morgan fingerprint density at radius 3 is 2.56 bits per heavy atom. The zero-order valence-electron chi connectivity index (χ0n) is 15.5. The lowest BCUT2D eigenvalue weighted by Crippen LogP contribution is -2.43. The summed E-state index contributed by atoms with van der Waals surface area (Å²) < 4.78 is 11.6. The summed E-state index contributed by atoms with van der Waals surface area (Å²) >= 11 is 0. The van der Waals surface area contributed by atoms with Crippen molar-refractivity contribution in [2.45, 2.75) is 39.9 Å². The highest BCUT2D eigenvalue weighted by Gasteiger charge is 2.46. The number of benzene rings is 1. The Labute approximate surface area is 150 Å². The molecule has 0 aromatic heterocycles. The molecule has 2 aliphatic rings. The minimum absolute atomic E-state index is 0.115. The number of carbonyl (C=O) groups is 1. The summed E-state index contributed by atoms with van der Waals surface area (Å²) in [6, 6.07) is 10.4. The molecule has 0 amide bonds. The minimum atomic E-state index is -0.220. The first kappa shape index (κ1) is 17.9. The molecule has 0 radical (unpaired) electrons. The maximum absolute atomic E-state index is 11.9. The molecule has 1 aliphatic heterocycles. The monoisotopic (exact) mass is 340 g/mol. The third kappa shape index (κ3) is 3.30. The predicted octanol–water partition coefficient (Wildman–Crippen LogP) is 4.71. The summed E-state index contributed by atoms with van der Waals surface area (Å²) in [5, 5.41) is 0. The van der Waals surface area contributed by atoms with E-state index in [0.29, 0.717) is 24.4 Å². The fraction of sp³-hybridized carbons (Fsp3) is 0.500. The van der Waals surface area contributed by atoms with Crippen LogP contribution in [0.1, 0.15) is 39.2 Å². The molecule has 134 valence electrons. The summed E-state index contributed by atoms with van der Waals surface area (Å²) in [4.78, 5) is 11.9. The quantitative estimate of drug-likeness (QED) is 0.728. The molecule has 5 atom stereocenters. The first-order chi connectivity index (χ1) is 12.1. The van der Waals surface area contributed by atoms with Crippen molar-refractivity contribution in [3.8, 4) is 0 Å². The number of hydrogen-bond acceptors (Lipinski definition) is 3. The van der Waals surface area contributed by atoms with Gasteiger partial charge in [-0.3, -0.25) is 4.79 Å². The van der Waals surface area contributed by atoms with Gasteiger partial charge in [0.15, 0.2) is 0 Å². The Hall–Kier alpha value is -1.87. The molecule has 0 unspecified atom stereocenters. The highest BCUT2D eigenvalue weighted by Crippen LogP contribution is 2.51. The van der Waals surface area contributed by atoms with Crippen LogP contribution in [0, 0.1) is 23.7 Å². The molecule has 1 aromatic carbocycles. The average Bonchev–Trinajstić information content (AvgIpc) is 2.63. The molecule has 1 aliphatic carbocycles. The number of allylic oxidation sites excluding steroid dienone is 3. The lowest BCUT2D eigenvalue weighted by atomic mass is 9.60. The van der Waals surface area contributed by atoms with E-state index in [2.05, 4.69) is 45.0 Å². The van der Waals surface area contributed by atoms with Crippen LogP contribution in [0.2, 0.25) is 0 Å². The van der Waals surface area contributed by atoms with E-state index in [9.17, 15) is 4.79 Å². The van der Waals surface area contributed by atoms with Crippen molar-refractivity contribution >= 4 is 6.29 Å². The maximum atomic E-state index is 11.9. The van der Waals surface area contributed by atoms with Gasteiger partial charge in [0.05, 0.1) is 6.26 Å². The van der Waals surface area contributed by atoms with Crippen molar-refractivity contribution in [3.05, 3.63) is 59.4 Å². The van der Waals surface area contributed by atoms with Crippen LogP contribution in [-0.2, 0) is 14.3 Å². The standard InChI is InChI=1S/C22H28O3/c1-5-24-22-15(4)20-18(13-25-22)11-17(12-23)21(19(20)14(2)3)16-9-7-6-8-10-16/h6-15,19-22H,5H2,1-4H3/t15-,19+,20-,21+,22-/m1/s1. The number of aldehydes is 1. The van der Waals surface area contributed by atoms with Crippen LogP contribution >= 0.6 is 0 Å². The van der Waals surface area contributed by atoms with Crippen LogP contribution in [0.5, 0.6) is 0 Å². The lowest BCUT2D eigenvalue weighted by molar-refractivity contribution is -0.158. The van der Waals surface area contributed by atoms with Crippen molar-refractivity contribution in [2.24, 2.45) is 23.7 Å². The van der Waals surface area contributed by atoms with Gasteiger partial charge in [0.25, 0.3) is 0 Å². The van der Waals surface area contributed by atoms with Crippen molar-refractivity contribution in [2.75, 3.05) is 6.61 Å². The van der Waals surface area contributed by atoms with Crippen molar-refractivity contribution in [1.82, 2.24) is 0 Å². The van der Waals surface area contributed by atoms with E-state index in [1.54, 1.807) is 0 Å². The second-order valence-electron chi connectivity index (χ2n) is 7.43. The zero-order chi connectivity index (χ0) is 18.0.